The second-order valence-corrected chi connectivity index (χ2v) is 10.7. The Labute approximate surface area is 237 Å². The smallest absolute Gasteiger partial charge is 0.0408 e. The molecule has 0 fully saturated rings. The van der Waals surface area contributed by atoms with Crippen molar-refractivity contribution in [2.45, 2.75) is 12.8 Å². The van der Waals surface area contributed by atoms with Crippen LogP contribution in [0.3, 0.4) is 0 Å². The van der Waals surface area contributed by atoms with Crippen molar-refractivity contribution in [2.75, 3.05) is 11.9 Å². The molecule has 0 saturated heterocycles. The van der Waals surface area contributed by atoms with E-state index >= 15 is 0 Å². The Morgan fingerprint density at radius 2 is 0.950 bits per heavy atom. The quantitative estimate of drug-likeness (QED) is 0.214. The average Bonchev–Trinajstić information content (AvgIpc) is 3.40. The van der Waals surface area contributed by atoms with Crippen LogP contribution in [0.1, 0.15) is 22.3 Å². The van der Waals surface area contributed by atoms with Crippen molar-refractivity contribution in [1.82, 2.24) is 0 Å². The topological polar surface area (TPSA) is 3.24 Å². The Morgan fingerprint density at radius 3 is 1.62 bits per heavy atom. The van der Waals surface area contributed by atoms with Crippen LogP contribution in [-0.2, 0) is 12.8 Å². The molecule has 6 aromatic rings. The lowest BCUT2D eigenvalue weighted by Crippen LogP contribution is -2.08. The predicted octanol–water partition coefficient (Wildman–Crippen LogP) is 9.95. The highest BCUT2D eigenvalue weighted by Gasteiger charge is 2.18. The largest absolute Gasteiger partial charge is 0.345 e. The van der Waals surface area contributed by atoms with Gasteiger partial charge in [0.15, 0.2) is 0 Å². The van der Waals surface area contributed by atoms with Gasteiger partial charge in [0.25, 0.3) is 0 Å². The zero-order valence-corrected chi connectivity index (χ0v) is 22.7. The molecule has 0 saturated carbocycles. The summed E-state index contributed by atoms with van der Waals surface area (Å²) in [6, 6.07) is 53.0. The molecule has 1 aliphatic rings. The summed E-state index contributed by atoms with van der Waals surface area (Å²) in [6.45, 7) is 0. The van der Waals surface area contributed by atoms with E-state index in [0.717, 1.165) is 12.8 Å². The molecule has 0 unspecified atom stereocenters. The van der Waals surface area contributed by atoms with Crippen LogP contribution in [0.2, 0.25) is 0 Å². The number of hydrogen-bond acceptors (Lipinski definition) is 1. The first-order valence-corrected chi connectivity index (χ1v) is 14.0. The van der Waals surface area contributed by atoms with Gasteiger partial charge in [-0.3, -0.25) is 0 Å². The number of fused-ring (bicyclic) bond motifs is 3. The second kappa shape index (κ2) is 10.4. The van der Waals surface area contributed by atoms with Crippen molar-refractivity contribution in [3.8, 4) is 33.4 Å². The summed E-state index contributed by atoms with van der Waals surface area (Å²) in [6.07, 6.45) is 1.98. The van der Waals surface area contributed by atoms with Gasteiger partial charge in [0.2, 0.25) is 0 Å². The number of rotatable bonds is 6. The Hall–Kier alpha value is -4.88. The van der Waals surface area contributed by atoms with Crippen LogP contribution < -0.4 is 4.90 Å². The van der Waals surface area contributed by atoms with E-state index in [1.54, 1.807) is 0 Å². The first-order chi connectivity index (χ1) is 19.7. The van der Waals surface area contributed by atoms with Crippen molar-refractivity contribution in [1.29, 1.82) is 0 Å². The SMILES string of the molecule is CN(c1ccc(-c2ccc(Cc3ccccc3)cc2)cc1)c1ccc(-c2ccc3c(c2)Cc2ccccc2-3)cc1. The second-order valence-electron chi connectivity index (χ2n) is 10.7. The lowest BCUT2D eigenvalue weighted by Gasteiger charge is -2.20. The molecule has 0 amide bonds. The maximum absolute atomic E-state index is 2.36. The molecule has 7 rings (SSSR count). The number of anilines is 2. The average molecular weight is 514 g/mol. The molecule has 0 radical (unpaired) electrons. The third kappa shape index (κ3) is 4.72. The minimum atomic E-state index is 0.963. The van der Waals surface area contributed by atoms with Crippen molar-refractivity contribution in [3.63, 3.8) is 0 Å². The van der Waals surface area contributed by atoms with Crippen LogP contribution in [0.15, 0.2) is 146 Å². The molecule has 0 atom stereocenters. The molecule has 192 valence electrons. The summed E-state index contributed by atoms with van der Waals surface area (Å²) < 4.78 is 0. The summed E-state index contributed by atoms with van der Waals surface area (Å²) in [5.41, 5.74) is 15.6. The highest BCUT2D eigenvalue weighted by Crippen LogP contribution is 2.39. The Morgan fingerprint density at radius 1 is 0.450 bits per heavy atom. The molecule has 0 spiro atoms. The van der Waals surface area contributed by atoms with Gasteiger partial charge in [-0.15, -0.1) is 0 Å². The molecular weight excluding hydrogens is 482 g/mol. The van der Waals surface area contributed by atoms with Crippen molar-refractivity contribution < 1.29 is 0 Å². The fourth-order valence-electron chi connectivity index (χ4n) is 5.88. The van der Waals surface area contributed by atoms with Gasteiger partial charge in [0.1, 0.15) is 0 Å². The Balaban J connectivity index is 1.04. The molecule has 0 heterocycles. The summed E-state index contributed by atoms with van der Waals surface area (Å²) in [5, 5.41) is 0. The molecule has 1 aliphatic carbocycles. The molecule has 0 aromatic heterocycles. The maximum atomic E-state index is 2.36. The van der Waals surface area contributed by atoms with Crippen molar-refractivity contribution in [2.24, 2.45) is 0 Å². The van der Waals surface area contributed by atoms with Crippen LogP contribution in [0.4, 0.5) is 11.4 Å². The van der Waals surface area contributed by atoms with E-state index in [1.165, 1.54) is 67.0 Å². The van der Waals surface area contributed by atoms with Crippen LogP contribution in [0.5, 0.6) is 0 Å². The molecule has 0 bridgehead atoms. The first-order valence-electron chi connectivity index (χ1n) is 14.0. The van der Waals surface area contributed by atoms with Crippen LogP contribution >= 0.6 is 0 Å². The summed E-state index contributed by atoms with van der Waals surface area (Å²) in [7, 11) is 2.13. The highest BCUT2D eigenvalue weighted by atomic mass is 15.1. The minimum absolute atomic E-state index is 0.963. The summed E-state index contributed by atoms with van der Waals surface area (Å²) in [4.78, 5) is 2.25. The fraction of sp³-hybridized carbons (Fsp3) is 0.0769. The molecule has 1 heteroatoms. The van der Waals surface area contributed by atoms with E-state index in [4.69, 9.17) is 0 Å². The molecule has 0 aliphatic heterocycles. The maximum Gasteiger partial charge on any atom is 0.0408 e. The first kappa shape index (κ1) is 24.2. The van der Waals surface area contributed by atoms with Crippen molar-refractivity contribution in [3.05, 3.63) is 168 Å². The molecular formula is C39H31N. The molecule has 40 heavy (non-hydrogen) atoms. The van der Waals surface area contributed by atoms with Gasteiger partial charge in [-0.1, -0.05) is 121 Å². The lowest BCUT2D eigenvalue weighted by atomic mass is 9.99. The third-order valence-electron chi connectivity index (χ3n) is 8.17. The van der Waals surface area contributed by atoms with Crippen LogP contribution in [-0.4, -0.2) is 7.05 Å². The number of hydrogen-bond donors (Lipinski definition) is 0. The molecule has 1 nitrogen and oxygen atoms in total. The monoisotopic (exact) mass is 513 g/mol. The van der Waals surface area contributed by atoms with E-state index in [2.05, 4.69) is 158 Å². The summed E-state index contributed by atoms with van der Waals surface area (Å²) >= 11 is 0. The van der Waals surface area contributed by atoms with E-state index in [1.807, 2.05) is 0 Å². The van der Waals surface area contributed by atoms with E-state index in [9.17, 15) is 0 Å². The fourth-order valence-corrected chi connectivity index (χ4v) is 5.88. The van der Waals surface area contributed by atoms with Crippen molar-refractivity contribution >= 4 is 11.4 Å². The zero-order valence-electron chi connectivity index (χ0n) is 22.7. The van der Waals surface area contributed by atoms with Crippen LogP contribution in [0.25, 0.3) is 33.4 Å². The Kier molecular flexibility index (Phi) is 6.26. The third-order valence-corrected chi connectivity index (χ3v) is 8.17. The van der Waals surface area contributed by atoms with Gasteiger partial charge in [0, 0.05) is 18.4 Å². The number of benzene rings is 6. The Bertz CT molecular complexity index is 1760. The zero-order chi connectivity index (χ0) is 26.9. The van der Waals surface area contributed by atoms with Crippen LogP contribution in [0, 0.1) is 0 Å². The van der Waals surface area contributed by atoms with E-state index < -0.39 is 0 Å². The summed E-state index contributed by atoms with van der Waals surface area (Å²) in [5.74, 6) is 0. The lowest BCUT2D eigenvalue weighted by molar-refractivity contribution is 1.19. The van der Waals surface area contributed by atoms with E-state index in [0.29, 0.717) is 0 Å². The van der Waals surface area contributed by atoms with Gasteiger partial charge in [0.05, 0.1) is 0 Å². The van der Waals surface area contributed by atoms with Gasteiger partial charge >= 0.3 is 0 Å². The predicted molar refractivity (Wildman–Crippen MR) is 169 cm³/mol. The molecule has 0 N–H and O–H groups in total. The highest BCUT2D eigenvalue weighted by molar-refractivity contribution is 5.80. The van der Waals surface area contributed by atoms with Gasteiger partial charge in [-0.2, -0.15) is 0 Å². The number of nitrogens with zero attached hydrogens (tertiary/aromatic N) is 1. The minimum Gasteiger partial charge on any atom is -0.345 e. The standard InChI is InChI=1S/C39H31N/c1-40(36-20-15-31(16-21-36)30-13-11-29(12-14-30)25-28-7-3-2-4-8-28)37-22-17-32(18-23-37)33-19-24-39-35(26-33)27-34-9-5-6-10-38(34)39/h2-24,26H,25,27H2,1H3. The van der Waals surface area contributed by atoms with Gasteiger partial charge in [-0.05, 0) is 92.7 Å². The normalized spacial score (nSPS) is 11.6. The van der Waals surface area contributed by atoms with Gasteiger partial charge in [-0.25, -0.2) is 0 Å². The molecule has 6 aromatic carbocycles. The van der Waals surface area contributed by atoms with Gasteiger partial charge < -0.3 is 4.90 Å². The van der Waals surface area contributed by atoms with E-state index in [-0.39, 0.29) is 0 Å².